The molecule has 0 amide bonds. The van der Waals surface area contributed by atoms with Crippen LogP contribution < -0.4 is 0 Å². The molecule has 1 saturated heterocycles. The zero-order valence-corrected chi connectivity index (χ0v) is 8.02. The molecule has 0 radical (unpaired) electrons. The molecule has 0 saturated carbocycles. The minimum atomic E-state index is 0.231. The monoisotopic (exact) mass is 190 g/mol. The van der Waals surface area contributed by atoms with Gasteiger partial charge in [-0.15, -0.1) is 0 Å². The van der Waals surface area contributed by atoms with Crippen LogP contribution in [0.2, 0.25) is 0 Å². The highest BCUT2D eigenvalue weighted by atomic mass is 16.5. The Morgan fingerprint density at radius 2 is 2.21 bits per heavy atom. The molecule has 1 aromatic rings. The lowest BCUT2D eigenvalue weighted by Gasteiger charge is -2.02. The summed E-state index contributed by atoms with van der Waals surface area (Å²) in [6, 6.07) is 7.31. The van der Waals surface area contributed by atoms with Gasteiger partial charge in [0.1, 0.15) is 5.75 Å². The van der Waals surface area contributed by atoms with Crippen molar-refractivity contribution in [3.05, 3.63) is 35.9 Å². The van der Waals surface area contributed by atoms with Gasteiger partial charge in [-0.05, 0) is 18.9 Å². The fourth-order valence-electron chi connectivity index (χ4n) is 1.59. The van der Waals surface area contributed by atoms with Gasteiger partial charge in [0.2, 0.25) is 0 Å². The Morgan fingerprint density at radius 1 is 1.36 bits per heavy atom. The summed E-state index contributed by atoms with van der Waals surface area (Å²) in [4.78, 5) is 0. The Kier molecular flexibility index (Phi) is 2.84. The molecule has 0 aliphatic carbocycles. The summed E-state index contributed by atoms with van der Waals surface area (Å²) in [5.41, 5.74) is 0.850. The van der Waals surface area contributed by atoms with Gasteiger partial charge in [-0.3, -0.25) is 0 Å². The maximum Gasteiger partial charge on any atom is 0.122 e. The van der Waals surface area contributed by atoms with Gasteiger partial charge in [0.05, 0.1) is 6.10 Å². The molecule has 1 atom stereocenters. The van der Waals surface area contributed by atoms with Crippen molar-refractivity contribution in [2.75, 3.05) is 6.61 Å². The number of hydrogen-bond acceptors (Lipinski definition) is 2. The summed E-state index contributed by atoms with van der Waals surface area (Å²) in [6.45, 7) is 0.857. The van der Waals surface area contributed by atoms with Crippen molar-refractivity contribution in [2.45, 2.75) is 18.9 Å². The molecule has 2 heteroatoms. The summed E-state index contributed by atoms with van der Waals surface area (Å²) in [5.74, 6) is 0.321. The van der Waals surface area contributed by atoms with Crippen LogP contribution in [-0.4, -0.2) is 17.8 Å². The van der Waals surface area contributed by atoms with Crippen molar-refractivity contribution in [1.82, 2.24) is 0 Å². The summed E-state index contributed by atoms with van der Waals surface area (Å²) < 4.78 is 5.45. The lowest BCUT2D eigenvalue weighted by Crippen LogP contribution is -1.98. The van der Waals surface area contributed by atoms with Gasteiger partial charge in [-0.1, -0.05) is 30.4 Å². The van der Waals surface area contributed by atoms with E-state index in [9.17, 15) is 5.11 Å². The maximum atomic E-state index is 9.49. The molecule has 1 aliphatic heterocycles. The molecule has 1 aliphatic rings. The molecule has 1 unspecified atom stereocenters. The van der Waals surface area contributed by atoms with Gasteiger partial charge in [0.25, 0.3) is 0 Å². The fraction of sp³-hybridized carbons (Fsp3) is 0.333. The van der Waals surface area contributed by atoms with Crippen LogP contribution in [0, 0.1) is 0 Å². The van der Waals surface area contributed by atoms with E-state index < -0.39 is 0 Å². The van der Waals surface area contributed by atoms with E-state index in [1.165, 1.54) is 0 Å². The summed E-state index contributed by atoms with van der Waals surface area (Å²) in [7, 11) is 0. The van der Waals surface area contributed by atoms with E-state index in [0.29, 0.717) is 5.75 Å². The number of para-hydroxylation sites is 1. The minimum absolute atomic E-state index is 0.231. The zero-order valence-electron chi connectivity index (χ0n) is 8.02. The van der Waals surface area contributed by atoms with Crippen LogP contribution in [0.1, 0.15) is 18.4 Å². The SMILES string of the molecule is Oc1ccccc1C=CC1CCCO1. The first-order valence-electron chi connectivity index (χ1n) is 4.94. The second-order valence-corrected chi connectivity index (χ2v) is 3.47. The van der Waals surface area contributed by atoms with Crippen molar-refractivity contribution >= 4 is 6.08 Å². The van der Waals surface area contributed by atoms with E-state index in [4.69, 9.17) is 4.74 Å². The van der Waals surface area contributed by atoms with Crippen LogP contribution >= 0.6 is 0 Å². The molecular weight excluding hydrogens is 176 g/mol. The number of rotatable bonds is 2. The third-order valence-corrected chi connectivity index (χ3v) is 2.39. The fourth-order valence-corrected chi connectivity index (χ4v) is 1.59. The van der Waals surface area contributed by atoms with Crippen LogP contribution in [-0.2, 0) is 4.74 Å². The number of phenolic OH excluding ortho intramolecular Hbond substituents is 1. The smallest absolute Gasteiger partial charge is 0.122 e. The first-order valence-corrected chi connectivity index (χ1v) is 4.94. The largest absolute Gasteiger partial charge is 0.507 e. The van der Waals surface area contributed by atoms with E-state index in [-0.39, 0.29) is 6.10 Å². The normalized spacial score (nSPS) is 21.9. The molecule has 1 fully saturated rings. The molecule has 1 aromatic carbocycles. The highest BCUT2D eigenvalue weighted by molar-refractivity contribution is 5.56. The van der Waals surface area contributed by atoms with Gasteiger partial charge in [-0.25, -0.2) is 0 Å². The lowest BCUT2D eigenvalue weighted by molar-refractivity contribution is 0.146. The van der Waals surface area contributed by atoms with Crippen molar-refractivity contribution in [3.8, 4) is 5.75 Å². The van der Waals surface area contributed by atoms with Crippen LogP contribution in [0.25, 0.3) is 6.08 Å². The topological polar surface area (TPSA) is 29.5 Å². The van der Waals surface area contributed by atoms with Gasteiger partial charge in [-0.2, -0.15) is 0 Å². The molecule has 1 N–H and O–H groups in total. The van der Waals surface area contributed by atoms with Crippen LogP contribution in [0.15, 0.2) is 30.3 Å². The Bertz CT molecular complexity index is 325. The first-order chi connectivity index (χ1) is 6.86. The molecule has 0 aromatic heterocycles. The van der Waals surface area contributed by atoms with Crippen LogP contribution in [0.3, 0.4) is 0 Å². The van der Waals surface area contributed by atoms with E-state index in [2.05, 4.69) is 0 Å². The molecule has 74 valence electrons. The predicted molar refractivity (Wildman–Crippen MR) is 56.1 cm³/mol. The summed E-state index contributed by atoms with van der Waals surface area (Å²) in [5, 5.41) is 9.49. The number of hydrogen-bond donors (Lipinski definition) is 1. The second kappa shape index (κ2) is 4.29. The third-order valence-electron chi connectivity index (χ3n) is 2.39. The molecule has 2 rings (SSSR count). The Hall–Kier alpha value is -1.28. The number of phenols is 1. The maximum absolute atomic E-state index is 9.49. The molecule has 0 bridgehead atoms. The van der Waals surface area contributed by atoms with E-state index >= 15 is 0 Å². The van der Waals surface area contributed by atoms with Crippen molar-refractivity contribution < 1.29 is 9.84 Å². The van der Waals surface area contributed by atoms with Crippen molar-refractivity contribution in [3.63, 3.8) is 0 Å². The van der Waals surface area contributed by atoms with E-state index in [1.54, 1.807) is 6.07 Å². The Labute approximate surface area is 83.8 Å². The van der Waals surface area contributed by atoms with Crippen molar-refractivity contribution in [2.24, 2.45) is 0 Å². The average Bonchev–Trinajstić information content (AvgIpc) is 2.69. The van der Waals surface area contributed by atoms with Gasteiger partial charge in [0, 0.05) is 12.2 Å². The highest BCUT2D eigenvalue weighted by Crippen LogP contribution is 2.19. The standard InChI is InChI=1S/C12H14O2/c13-12-6-2-1-4-10(12)7-8-11-5-3-9-14-11/h1-2,4,6-8,11,13H,3,5,9H2. The third kappa shape index (κ3) is 2.15. The average molecular weight is 190 g/mol. The number of ether oxygens (including phenoxy) is 1. The van der Waals surface area contributed by atoms with Crippen LogP contribution in [0.5, 0.6) is 5.75 Å². The number of aromatic hydroxyl groups is 1. The highest BCUT2D eigenvalue weighted by Gasteiger charge is 2.11. The lowest BCUT2D eigenvalue weighted by atomic mass is 10.1. The second-order valence-electron chi connectivity index (χ2n) is 3.47. The van der Waals surface area contributed by atoms with E-state index in [1.807, 2.05) is 30.4 Å². The predicted octanol–water partition coefficient (Wildman–Crippen LogP) is 2.58. The summed E-state index contributed by atoms with van der Waals surface area (Å²) >= 11 is 0. The summed E-state index contributed by atoms with van der Waals surface area (Å²) in [6.07, 6.45) is 6.39. The van der Waals surface area contributed by atoms with Gasteiger partial charge in [0.15, 0.2) is 0 Å². The zero-order chi connectivity index (χ0) is 9.80. The molecule has 2 nitrogen and oxygen atoms in total. The quantitative estimate of drug-likeness (QED) is 0.776. The van der Waals surface area contributed by atoms with Crippen LogP contribution in [0.4, 0.5) is 0 Å². The molecule has 1 heterocycles. The minimum Gasteiger partial charge on any atom is -0.507 e. The van der Waals surface area contributed by atoms with Gasteiger partial charge >= 0.3 is 0 Å². The van der Waals surface area contributed by atoms with E-state index in [0.717, 1.165) is 25.0 Å². The number of benzene rings is 1. The molecular formula is C12H14O2. The molecule has 14 heavy (non-hydrogen) atoms. The first kappa shape index (κ1) is 9.28. The van der Waals surface area contributed by atoms with Gasteiger partial charge < -0.3 is 9.84 Å². The van der Waals surface area contributed by atoms with Crippen molar-refractivity contribution in [1.29, 1.82) is 0 Å². The molecule has 0 spiro atoms. The Balaban J connectivity index is 2.06. The Morgan fingerprint density at radius 3 is 2.93 bits per heavy atom.